The molecule has 2 heteroatoms. The van der Waals surface area contributed by atoms with Crippen molar-refractivity contribution < 1.29 is 5.11 Å². The number of aryl methyl sites for hydroxylation is 2. The van der Waals surface area contributed by atoms with Gasteiger partial charge in [0.05, 0.1) is 6.61 Å². The molecule has 2 aromatic rings. The molecule has 0 spiro atoms. The molecule has 1 aromatic carbocycles. The van der Waals surface area contributed by atoms with Crippen LogP contribution in [0.3, 0.4) is 0 Å². The van der Waals surface area contributed by atoms with E-state index in [0.717, 1.165) is 22.6 Å². The molecule has 0 bridgehead atoms. The van der Waals surface area contributed by atoms with E-state index >= 15 is 0 Å². The number of hydrogen-bond donors (Lipinski definition) is 1. The summed E-state index contributed by atoms with van der Waals surface area (Å²) in [5, 5.41) is 9.24. The lowest BCUT2D eigenvalue weighted by Crippen LogP contribution is -1.99. The molecular formula is C14H17NO. The highest BCUT2D eigenvalue weighted by atomic mass is 16.3. The van der Waals surface area contributed by atoms with Crippen LogP contribution < -0.4 is 0 Å². The zero-order chi connectivity index (χ0) is 11.7. The van der Waals surface area contributed by atoms with Crippen LogP contribution in [0.1, 0.15) is 22.5 Å². The molecule has 16 heavy (non-hydrogen) atoms. The first-order valence-corrected chi connectivity index (χ1v) is 5.49. The van der Waals surface area contributed by atoms with E-state index in [1.807, 2.05) is 13.0 Å². The molecule has 0 radical (unpaired) electrons. The Morgan fingerprint density at radius 2 is 1.88 bits per heavy atom. The molecule has 0 saturated carbocycles. The van der Waals surface area contributed by atoms with Crippen LogP contribution in [-0.2, 0) is 6.61 Å². The molecule has 0 aliphatic carbocycles. The van der Waals surface area contributed by atoms with Crippen molar-refractivity contribution in [3.05, 3.63) is 52.8 Å². The van der Waals surface area contributed by atoms with E-state index in [1.165, 1.54) is 5.56 Å². The van der Waals surface area contributed by atoms with Crippen LogP contribution in [0.5, 0.6) is 0 Å². The van der Waals surface area contributed by atoms with Crippen LogP contribution in [0.25, 0.3) is 5.69 Å². The summed E-state index contributed by atoms with van der Waals surface area (Å²) in [6.07, 6.45) is 0. The first-order chi connectivity index (χ1) is 7.63. The second kappa shape index (κ2) is 4.14. The van der Waals surface area contributed by atoms with Crippen molar-refractivity contribution in [2.45, 2.75) is 27.4 Å². The Labute approximate surface area is 96.2 Å². The number of rotatable bonds is 2. The quantitative estimate of drug-likeness (QED) is 0.818. The van der Waals surface area contributed by atoms with Crippen molar-refractivity contribution in [3.8, 4) is 5.69 Å². The van der Waals surface area contributed by atoms with Crippen LogP contribution in [0.15, 0.2) is 30.3 Å². The Kier molecular flexibility index (Phi) is 2.84. The summed E-state index contributed by atoms with van der Waals surface area (Å²) in [4.78, 5) is 0. The maximum absolute atomic E-state index is 9.24. The predicted molar refractivity (Wildman–Crippen MR) is 65.9 cm³/mol. The van der Waals surface area contributed by atoms with Gasteiger partial charge in [0.2, 0.25) is 0 Å². The molecule has 0 aliphatic rings. The van der Waals surface area contributed by atoms with E-state index in [2.05, 4.69) is 42.7 Å². The number of aliphatic hydroxyl groups is 1. The maximum atomic E-state index is 9.24. The summed E-state index contributed by atoms with van der Waals surface area (Å²) in [7, 11) is 0. The van der Waals surface area contributed by atoms with Gasteiger partial charge in [0.25, 0.3) is 0 Å². The minimum atomic E-state index is 0.103. The van der Waals surface area contributed by atoms with Gasteiger partial charge in [0.1, 0.15) is 0 Å². The van der Waals surface area contributed by atoms with E-state index in [0.29, 0.717) is 0 Å². The van der Waals surface area contributed by atoms with Crippen LogP contribution in [0.2, 0.25) is 0 Å². The third-order valence-corrected chi connectivity index (χ3v) is 2.97. The number of nitrogens with zero attached hydrogens (tertiary/aromatic N) is 1. The van der Waals surface area contributed by atoms with E-state index in [-0.39, 0.29) is 6.61 Å². The van der Waals surface area contributed by atoms with Crippen molar-refractivity contribution in [1.29, 1.82) is 0 Å². The Hall–Kier alpha value is -1.54. The van der Waals surface area contributed by atoms with Gasteiger partial charge in [-0.05, 0) is 50.1 Å². The number of benzene rings is 1. The van der Waals surface area contributed by atoms with Crippen LogP contribution in [0, 0.1) is 20.8 Å². The molecule has 1 N–H and O–H groups in total. The molecule has 0 unspecified atom stereocenters. The Morgan fingerprint density at radius 3 is 2.44 bits per heavy atom. The lowest BCUT2D eigenvalue weighted by Gasteiger charge is -2.10. The maximum Gasteiger partial charge on any atom is 0.0699 e. The Morgan fingerprint density at radius 1 is 1.12 bits per heavy atom. The first-order valence-electron chi connectivity index (χ1n) is 5.49. The largest absolute Gasteiger partial charge is 0.392 e. The Balaban J connectivity index is 2.60. The lowest BCUT2D eigenvalue weighted by atomic mass is 10.2. The molecule has 2 rings (SSSR count). The fraction of sp³-hybridized carbons (Fsp3) is 0.286. The van der Waals surface area contributed by atoms with E-state index in [9.17, 15) is 5.11 Å². The average Bonchev–Trinajstić information content (AvgIpc) is 2.53. The van der Waals surface area contributed by atoms with Crippen molar-refractivity contribution in [3.63, 3.8) is 0 Å². The molecule has 1 aromatic heterocycles. The predicted octanol–water partition coefficient (Wildman–Crippen LogP) is 2.89. The molecule has 0 amide bonds. The van der Waals surface area contributed by atoms with E-state index in [4.69, 9.17) is 0 Å². The van der Waals surface area contributed by atoms with Crippen molar-refractivity contribution in [2.75, 3.05) is 0 Å². The number of aliphatic hydroxyl groups excluding tert-OH is 1. The minimum absolute atomic E-state index is 0.103. The Bertz CT molecular complexity index is 511. The fourth-order valence-corrected chi connectivity index (χ4v) is 2.15. The number of hydrogen-bond acceptors (Lipinski definition) is 1. The van der Waals surface area contributed by atoms with Crippen molar-refractivity contribution in [2.24, 2.45) is 0 Å². The van der Waals surface area contributed by atoms with Gasteiger partial charge in [-0.15, -0.1) is 0 Å². The van der Waals surface area contributed by atoms with Gasteiger partial charge < -0.3 is 9.67 Å². The molecule has 0 saturated heterocycles. The van der Waals surface area contributed by atoms with Gasteiger partial charge in [0, 0.05) is 17.1 Å². The molecule has 0 aliphatic heterocycles. The van der Waals surface area contributed by atoms with Gasteiger partial charge in [-0.3, -0.25) is 0 Å². The monoisotopic (exact) mass is 215 g/mol. The highest BCUT2D eigenvalue weighted by Gasteiger charge is 2.09. The molecule has 1 heterocycles. The van der Waals surface area contributed by atoms with Gasteiger partial charge in [-0.1, -0.05) is 12.1 Å². The molecule has 0 fully saturated rings. The molecular weight excluding hydrogens is 198 g/mol. The first kappa shape index (κ1) is 11.0. The summed E-state index contributed by atoms with van der Waals surface area (Å²) in [6, 6.07) is 10.4. The fourth-order valence-electron chi connectivity index (χ4n) is 2.15. The second-order valence-corrected chi connectivity index (χ2v) is 4.23. The van der Waals surface area contributed by atoms with Crippen LogP contribution in [0.4, 0.5) is 0 Å². The van der Waals surface area contributed by atoms with Crippen LogP contribution in [-0.4, -0.2) is 9.67 Å². The van der Waals surface area contributed by atoms with Gasteiger partial charge in [-0.25, -0.2) is 0 Å². The van der Waals surface area contributed by atoms with E-state index in [1.54, 1.807) is 0 Å². The van der Waals surface area contributed by atoms with Gasteiger partial charge in [0.15, 0.2) is 0 Å². The third-order valence-electron chi connectivity index (χ3n) is 2.97. The summed E-state index contributed by atoms with van der Waals surface area (Å²) in [5.41, 5.74) is 5.68. The topological polar surface area (TPSA) is 25.2 Å². The zero-order valence-electron chi connectivity index (χ0n) is 9.99. The summed E-state index contributed by atoms with van der Waals surface area (Å²) >= 11 is 0. The SMILES string of the molecule is Cc1cccc(-n2c(C)cc(CO)c2C)c1. The average molecular weight is 215 g/mol. The highest BCUT2D eigenvalue weighted by molar-refractivity contribution is 5.42. The standard InChI is InChI=1S/C14H17NO/c1-10-5-4-6-14(7-10)15-11(2)8-13(9-16)12(15)3/h4-8,16H,9H2,1-3H3. The zero-order valence-corrected chi connectivity index (χ0v) is 9.99. The smallest absolute Gasteiger partial charge is 0.0699 e. The minimum Gasteiger partial charge on any atom is -0.392 e. The van der Waals surface area contributed by atoms with Gasteiger partial charge >= 0.3 is 0 Å². The van der Waals surface area contributed by atoms with E-state index < -0.39 is 0 Å². The highest BCUT2D eigenvalue weighted by Crippen LogP contribution is 2.21. The molecule has 84 valence electrons. The third kappa shape index (κ3) is 1.76. The summed E-state index contributed by atoms with van der Waals surface area (Å²) in [5.74, 6) is 0. The normalized spacial score (nSPS) is 10.8. The van der Waals surface area contributed by atoms with Crippen molar-refractivity contribution >= 4 is 0 Å². The molecule has 2 nitrogen and oxygen atoms in total. The van der Waals surface area contributed by atoms with Crippen molar-refractivity contribution in [1.82, 2.24) is 4.57 Å². The van der Waals surface area contributed by atoms with Gasteiger partial charge in [-0.2, -0.15) is 0 Å². The summed E-state index contributed by atoms with van der Waals surface area (Å²) < 4.78 is 2.18. The summed E-state index contributed by atoms with van der Waals surface area (Å²) in [6.45, 7) is 6.30. The number of aromatic nitrogens is 1. The lowest BCUT2D eigenvalue weighted by molar-refractivity contribution is 0.281. The van der Waals surface area contributed by atoms with Crippen LogP contribution >= 0.6 is 0 Å². The molecule has 0 atom stereocenters. The second-order valence-electron chi connectivity index (χ2n) is 4.23.